The Morgan fingerprint density at radius 3 is 3.11 bits per heavy atom. The van der Waals surface area contributed by atoms with Crippen LogP contribution in [0.5, 0.6) is 0 Å². The minimum Gasteiger partial charge on any atom is -0.381 e. The van der Waals surface area contributed by atoms with Crippen molar-refractivity contribution in [3.8, 4) is 0 Å². The predicted octanol–water partition coefficient (Wildman–Crippen LogP) is 2.20. The first-order valence-electron chi connectivity index (χ1n) is 7.04. The Labute approximate surface area is 110 Å². The van der Waals surface area contributed by atoms with Gasteiger partial charge in [-0.3, -0.25) is 5.10 Å². The van der Waals surface area contributed by atoms with Gasteiger partial charge in [0.25, 0.3) is 0 Å². The molecule has 102 valence electrons. The lowest BCUT2D eigenvalue weighted by atomic mass is 9.93. The maximum Gasteiger partial charge on any atom is 0.0586 e. The van der Waals surface area contributed by atoms with Crippen LogP contribution in [0.15, 0.2) is 6.20 Å². The first-order valence-corrected chi connectivity index (χ1v) is 7.04. The Bertz CT molecular complexity index is 351. The third-order valence-electron chi connectivity index (χ3n) is 3.95. The minimum absolute atomic E-state index is 0.465. The number of aromatic amines is 1. The van der Waals surface area contributed by atoms with Gasteiger partial charge in [-0.2, -0.15) is 5.10 Å². The lowest BCUT2D eigenvalue weighted by Gasteiger charge is -2.28. The predicted molar refractivity (Wildman–Crippen MR) is 72.7 cm³/mol. The molecule has 1 fully saturated rings. The summed E-state index contributed by atoms with van der Waals surface area (Å²) in [6, 6.07) is 0.647. The van der Waals surface area contributed by atoms with Gasteiger partial charge in [-0.05, 0) is 57.6 Å². The molecule has 1 saturated carbocycles. The molecular formula is C14H25N3O. The second-order valence-corrected chi connectivity index (χ2v) is 5.30. The number of aryl methyl sites for hydroxylation is 2. The monoisotopic (exact) mass is 251 g/mol. The number of aromatic nitrogens is 2. The van der Waals surface area contributed by atoms with Crippen LogP contribution in [-0.2, 0) is 11.2 Å². The summed E-state index contributed by atoms with van der Waals surface area (Å²) in [6.45, 7) is 3.17. The molecule has 2 unspecified atom stereocenters. The van der Waals surface area contributed by atoms with E-state index in [0.717, 1.165) is 13.0 Å². The zero-order valence-electron chi connectivity index (χ0n) is 11.5. The maximum atomic E-state index is 5.45. The highest BCUT2D eigenvalue weighted by atomic mass is 16.5. The number of nitrogens with zero attached hydrogens (tertiary/aromatic N) is 1. The van der Waals surface area contributed by atoms with E-state index in [1.54, 1.807) is 0 Å². The molecule has 2 N–H and O–H groups in total. The van der Waals surface area contributed by atoms with Crippen LogP contribution in [0.1, 0.15) is 43.4 Å². The number of hydrogen-bond donors (Lipinski definition) is 2. The molecule has 4 nitrogen and oxygen atoms in total. The molecule has 0 saturated heterocycles. The van der Waals surface area contributed by atoms with Gasteiger partial charge in [0.2, 0.25) is 0 Å². The molecule has 18 heavy (non-hydrogen) atoms. The van der Waals surface area contributed by atoms with Gasteiger partial charge in [0.1, 0.15) is 0 Å². The summed E-state index contributed by atoms with van der Waals surface area (Å²) in [6.07, 6.45) is 9.67. The molecule has 1 aromatic rings. The number of methoxy groups -OCH3 is 1. The first-order chi connectivity index (χ1) is 8.79. The van der Waals surface area contributed by atoms with E-state index >= 15 is 0 Å². The van der Waals surface area contributed by atoms with Crippen molar-refractivity contribution in [3.63, 3.8) is 0 Å². The molecule has 1 aliphatic rings. The van der Waals surface area contributed by atoms with Crippen molar-refractivity contribution >= 4 is 0 Å². The quantitative estimate of drug-likeness (QED) is 0.762. The Hall–Kier alpha value is -0.870. The molecule has 2 atom stereocenters. The van der Waals surface area contributed by atoms with Crippen molar-refractivity contribution in [2.75, 3.05) is 13.7 Å². The fraction of sp³-hybridized carbons (Fsp3) is 0.786. The van der Waals surface area contributed by atoms with Gasteiger partial charge < -0.3 is 10.1 Å². The Morgan fingerprint density at radius 2 is 2.39 bits per heavy atom. The van der Waals surface area contributed by atoms with Gasteiger partial charge >= 0.3 is 0 Å². The molecule has 0 aliphatic heterocycles. The minimum atomic E-state index is 0.465. The number of rotatable bonds is 6. The normalized spacial score (nSPS) is 24.3. The molecule has 2 rings (SSSR count). The summed E-state index contributed by atoms with van der Waals surface area (Å²) in [5, 5.41) is 10.7. The van der Waals surface area contributed by atoms with Crippen LogP contribution in [0.3, 0.4) is 0 Å². The van der Waals surface area contributed by atoms with Gasteiger partial charge in [-0.15, -0.1) is 0 Å². The van der Waals surface area contributed by atoms with E-state index in [1.807, 2.05) is 13.3 Å². The highest BCUT2D eigenvalue weighted by Gasteiger charge is 2.20. The SMILES string of the molecule is COC1CCCC(NCCCc2cn[nH]c2C)C1. The molecule has 1 aromatic heterocycles. The van der Waals surface area contributed by atoms with E-state index in [-0.39, 0.29) is 0 Å². The van der Waals surface area contributed by atoms with Crippen LogP contribution in [-0.4, -0.2) is 36.0 Å². The summed E-state index contributed by atoms with van der Waals surface area (Å²) < 4.78 is 5.45. The molecule has 0 spiro atoms. The fourth-order valence-electron chi connectivity index (χ4n) is 2.76. The highest BCUT2D eigenvalue weighted by Crippen LogP contribution is 2.20. The summed E-state index contributed by atoms with van der Waals surface area (Å²) in [4.78, 5) is 0. The van der Waals surface area contributed by atoms with Crippen molar-refractivity contribution < 1.29 is 4.74 Å². The number of nitrogens with one attached hydrogen (secondary N) is 2. The summed E-state index contributed by atoms with van der Waals surface area (Å²) in [5.74, 6) is 0. The van der Waals surface area contributed by atoms with Crippen LogP contribution in [0.25, 0.3) is 0 Å². The molecule has 0 aromatic carbocycles. The zero-order chi connectivity index (χ0) is 12.8. The van der Waals surface area contributed by atoms with Gasteiger partial charge in [-0.25, -0.2) is 0 Å². The van der Waals surface area contributed by atoms with Crippen LogP contribution >= 0.6 is 0 Å². The first kappa shape index (κ1) is 13.6. The molecule has 0 amide bonds. The molecule has 4 heteroatoms. The van der Waals surface area contributed by atoms with Crippen molar-refractivity contribution in [1.29, 1.82) is 0 Å². The van der Waals surface area contributed by atoms with Crippen LogP contribution in [0.2, 0.25) is 0 Å². The fourth-order valence-corrected chi connectivity index (χ4v) is 2.76. The van der Waals surface area contributed by atoms with Gasteiger partial charge in [-0.1, -0.05) is 0 Å². The Balaban J connectivity index is 1.62. The largest absolute Gasteiger partial charge is 0.381 e. The second kappa shape index (κ2) is 6.90. The third kappa shape index (κ3) is 3.82. The Morgan fingerprint density at radius 1 is 1.50 bits per heavy atom. The third-order valence-corrected chi connectivity index (χ3v) is 3.95. The van der Waals surface area contributed by atoms with Crippen molar-refractivity contribution in [3.05, 3.63) is 17.5 Å². The van der Waals surface area contributed by atoms with Gasteiger partial charge in [0.15, 0.2) is 0 Å². The van der Waals surface area contributed by atoms with E-state index in [2.05, 4.69) is 22.4 Å². The average Bonchev–Trinajstić information content (AvgIpc) is 2.81. The van der Waals surface area contributed by atoms with Gasteiger partial charge in [0.05, 0.1) is 12.3 Å². The summed E-state index contributed by atoms with van der Waals surface area (Å²) in [5.41, 5.74) is 2.54. The highest BCUT2D eigenvalue weighted by molar-refractivity contribution is 5.14. The smallest absolute Gasteiger partial charge is 0.0586 e. The van der Waals surface area contributed by atoms with Gasteiger partial charge in [0, 0.05) is 18.8 Å². The van der Waals surface area contributed by atoms with Crippen LogP contribution in [0.4, 0.5) is 0 Å². The maximum absolute atomic E-state index is 5.45. The van der Waals surface area contributed by atoms with E-state index in [9.17, 15) is 0 Å². The van der Waals surface area contributed by atoms with E-state index < -0.39 is 0 Å². The Kier molecular flexibility index (Phi) is 5.20. The van der Waals surface area contributed by atoms with E-state index in [4.69, 9.17) is 4.74 Å². The summed E-state index contributed by atoms with van der Waals surface area (Å²) in [7, 11) is 1.83. The lowest BCUT2D eigenvalue weighted by Crippen LogP contribution is -2.37. The van der Waals surface area contributed by atoms with Crippen LogP contribution < -0.4 is 5.32 Å². The molecular weight excluding hydrogens is 226 g/mol. The average molecular weight is 251 g/mol. The number of ether oxygens (including phenoxy) is 1. The molecule has 1 aliphatic carbocycles. The van der Waals surface area contributed by atoms with Crippen molar-refractivity contribution in [1.82, 2.24) is 15.5 Å². The lowest BCUT2D eigenvalue weighted by molar-refractivity contribution is 0.0589. The van der Waals surface area contributed by atoms with Crippen molar-refractivity contribution in [2.24, 2.45) is 0 Å². The van der Waals surface area contributed by atoms with Crippen molar-refractivity contribution in [2.45, 2.75) is 57.6 Å². The second-order valence-electron chi connectivity index (χ2n) is 5.30. The topological polar surface area (TPSA) is 49.9 Å². The summed E-state index contributed by atoms with van der Waals surface area (Å²) >= 11 is 0. The van der Waals surface area contributed by atoms with Crippen LogP contribution in [0, 0.1) is 6.92 Å². The molecule has 0 bridgehead atoms. The number of H-pyrrole nitrogens is 1. The molecule has 0 radical (unpaired) electrons. The zero-order valence-corrected chi connectivity index (χ0v) is 11.5. The van der Waals surface area contributed by atoms with E-state index in [1.165, 1.54) is 43.4 Å². The van der Waals surface area contributed by atoms with E-state index in [0.29, 0.717) is 12.1 Å². The molecule has 1 heterocycles. The standard InChI is InChI=1S/C14H25N3O/c1-11-12(10-16-17-11)5-4-8-15-13-6-3-7-14(9-13)18-2/h10,13-15H,3-9H2,1-2H3,(H,16,17). The number of hydrogen-bond acceptors (Lipinski definition) is 3.